The molecule has 1 unspecified atom stereocenters. The summed E-state index contributed by atoms with van der Waals surface area (Å²) in [6.45, 7) is 9.39. The van der Waals surface area contributed by atoms with Crippen LogP contribution in [0.3, 0.4) is 0 Å². The van der Waals surface area contributed by atoms with Crippen LogP contribution in [-0.2, 0) is 0 Å². The minimum Gasteiger partial charge on any atom is -0.493 e. The van der Waals surface area contributed by atoms with Crippen molar-refractivity contribution < 1.29 is 14.3 Å². The third-order valence-electron chi connectivity index (χ3n) is 3.42. The van der Waals surface area contributed by atoms with E-state index in [0.29, 0.717) is 17.1 Å². The van der Waals surface area contributed by atoms with Gasteiger partial charge in [0.1, 0.15) is 0 Å². The third kappa shape index (κ3) is 4.53. The molecule has 1 aromatic carbocycles. The van der Waals surface area contributed by atoms with Crippen LogP contribution in [0.2, 0.25) is 0 Å². The van der Waals surface area contributed by atoms with Crippen molar-refractivity contribution in [3.63, 3.8) is 0 Å². The van der Waals surface area contributed by atoms with Crippen LogP contribution in [0.5, 0.6) is 11.5 Å². The van der Waals surface area contributed by atoms with Gasteiger partial charge in [0, 0.05) is 6.54 Å². The van der Waals surface area contributed by atoms with Crippen LogP contribution < -0.4 is 9.47 Å². The standard InChI is InChI=1S/C16H25NO3/c1-5-17(6-2)11-10-13(3)20-16-14(12-18)8-7-9-15(16)19-4/h7-9,12-13H,5-6,10-11H2,1-4H3. The molecule has 20 heavy (non-hydrogen) atoms. The van der Waals surface area contributed by atoms with Gasteiger partial charge in [-0.1, -0.05) is 19.9 Å². The van der Waals surface area contributed by atoms with Crippen molar-refractivity contribution in [1.29, 1.82) is 0 Å². The quantitative estimate of drug-likeness (QED) is 0.651. The maximum atomic E-state index is 11.1. The van der Waals surface area contributed by atoms with E-state index in [0.717, 1.165) is 32.3 Å². The van der Waals surface area contributed by atoms with Gasteiger partial charge in [-0.15, -0.1) is 0 Å². The molecule has 0 amide bonds. The van der Waals surface area contributed by atoms with Crippen molar-refractivity contribution in [2.75, 3.05) is 26.7 Å². The first-order chi connectivity index (χ1) is 9.65. The molecule has 0 saturated carbocycles. The van der Waals surface area contributed by atoms with Crippen LogP contribution in [0, 0.1) is 0 Å². The second-order valence-corrected chi connectivity index (χ2v) is 4.74. The Balaban J connectivity index is 2.69. The normalized spacial score (nSPS) is 12.2. The smallest absolute Gasteiger partial charge is 0.172 e. The molecule has 0 aliphatic rings. The summed E-state index contributed by atoms with van der Waals surface area (Å²) in [5, 5.41) is 0. The lowest BCUT2D eigenvalue weighted by Crippen LogP contribution is -2.28. The minimum absolute atomic E-state index is 0.0330. The van der Waals surface area contributed by atoms with Crippen molar-refractivity contribution in [2.45, 2.75) is 33.3 Å². The van der Waals surface area contributed by atoms with Crippen molar-refractivity contribution in [3.8, 4) is 11.5 Å². The van der Waals surface area contributed by atoms with E-state index in [2.05, 4.69) is 18.7 Å². The number of benzene rings is 1. The molecule has 0 heterocycles. The lowest BCUT2D eigenvalue weighted by atomic mass is 10.2. The van der Waals surface area contributed by atoms with Crippen molar-refractivity contribution in [2.24, 2.45) is 0 Å². The van der Waals surface area contributed by atoms with Crippen LogP contribution in [0.25, 0.3) is 0 Å². The maximum absolute atomic E-state index is 11.1. The molecule has 0 N–H and O–H groups in total. The van der Waals surface area contributed by atoms with Gasteiger partial charge >= 0.3 is 0 Å². The first kappa shape index (κ1) is 16.5. The van der Waals surface area contributed by atoms with Crippen LogP contribution in [-0.4, -0.2) is 44.0 Å². The molecule has 1 rings (SSSR count). The molecule has 1 atom stereocenters. The van der Waals surface area contributed by atoms with E-state index in [1.54, 1.807) is 25.3 Å². The second-order valence-electron chi connectivity index (χ2n) is 4.74. The highest BCUT2D eigenvalue weighted by Gasteiger charge is 2.14. The van der Waals surface area contributed by atoms with Gasteiger partial charge in [0.2, 0.25) is 0 Å². The van der Waals surface area contributed by atoms with Gasteiger partial charge in [0.05, 0.1) is 18.8 Å². The molecular formula is C16H25NO3. The summed E-state index contributed by atoms with van der Waals surface area (Å²) in [6, 6.07) is 5.33. The number of para-hydroxylation sites is 1. The maximum Gasteiger partial charge on any atom is 0.172 e. The summed E-state index contributed by atoms with van der Waals surface area (Å²) in [5.74, 6) is 1.14. The van der Waals surface area contributed by atoms with E-state index in [9.17, 15) is 4.79 Å². The highest BCUT2D eigenvalue weighted by atomic mass is 16.5. The largest absolute Gasteiger partial charge is 0.493 e. The highest BCUT2D eigenvalue weighted by Crippen LogP contribution is 2.31. The summed E-state index contributed by atoms with van der Waals surface area (Å²) < 4.78 is 11.2. The summed E-state index contributed by atoms with van der Waals surface area (Å²) in [6.07, 6.45) is 1.75. The molecule has 0 spiro atoms. The number of rotatable bonds is 9. The van der Waals surface area contributed by atoms with Gasteiger partial charge in [-0.05, 0) is 38.6 Å². The molecule has 0 fully saturated rings. The predicted molar refractivity (Wildman–Crippen MR) is 80.9 cm³/mol. The summed E-state index contributed by atoms with van der Waals surface area (Å²) in [5.41, 5.74) is 0.527. The molecule has 4 nitrogen and oxygen atoms in total. The Morgan fingerprint density at radius 2 is 2.00 bits per heavy atom. The van der Waals surface area contributed by atoms with E-state index in [-0.39, 0.29) is 6.10 Å². The van der Waals surface area contributed by atoms with E-state index < -0.39 is 0 Å². The van der Waals surface area contributed by atoms with Crippen LogP contribution in [0.15, 0.2) is 18.2 Å². The zero-order valence-corrected chi connectivity index (χ0v) is 12.9. The second kappa shape index (κ2) is 8.59. The molecule has 1 aromatic rings. The highest BCUT2D eigenvalue weighted by molar-refractivity contribution is 5.81. The van der Waals surface area contributed by atoms with Crippen molar-refractivity contribution in [3.05, 3.63) is 23.8 Å². The molecular weight excluding hydrogens is 254 g/mol. The monoisotopic (exact) mass is 279 g/mol. The number of carbonyl (C=O) groups is 1. The molecule has 4 heteroatoms. The Morgan fingerprint density at radius 1 is 1.30 bits per heavy atom. The first-order valence-corrected chi connectivity index (χ1v) is 7.17. The fourth-order valence-corrected chi connectivity index (χ4v) is 2.08. The number of nitrogens with zero attached hydrogens (tertiary/aromatic N) is 1. The average Bonchev–Trinajstić information content (AvgIpc) is 2.48. The Kier molecular flexibility index (Phi) is 7.09. The van der Waals surface area contributed by atoms with Gasteiger partial charge in [0.15, 0.2) is 17.8 Å². The Labute approximate surface area is 121 Å². The molecule has 112 valence electrons. The molecule has 0 saturated heterocycles. The zero-order valence-electron chi connectivity index (χ0n) is 12.9. The van der Waals surface area contributed by atoms with Crippen molar-refractivity contribution in [1.82, 2.24) is 4.90 Å². The van der Waals surface area contributed by atoms with Gasteiger partial charge in [-0.25, -0.2) is 0 Å². The first-order valence-electron chi connectivity index (χ1n) is 7.17. The van der Waals surface area contributed by atoms with E-state index in [1.807, 2.05) is 6.92 Å². The summed E-state index contributed by atoms with van der Waals surface area (Å²) in [7, 11) is 1.58. The minimum atomic E-state index is 0.0330. The van der Waals surface area contributed by atoms with Gasteiger partial charge in [0.25, 0.3) is 0 Å². The topological polar surface area (TPSA) is 38.8 Å². The van der Waals surface area contributed by atoms with E-state index in [4.69, 9.17) is 9.47 Å². The zero-order chi connectivity index (χ0) is 15.0. The van der Waals surface area contributed by atoms with Gasteiger partial charge in [-0.3, -0.25) is 4.79 Å². The van der Waals surface area contributed by atoms with Crippen LogP contribution >= 0.6 is 0 Å². The fraction of sp³-hybridized carbons (Fsp3) is 0.562. The molecule has 0 aromatic heterocycles. The number of methoxy groups -OCH3 is 1. The molecule has 0 radical (unpaired) electrons. The lowest BCUT2D eigenvalue weighted by molar-refractivity contribution is 0.111. The number of carbonyl (C=O) groups excluding carboxylic acids is 1. The molecule has 0 bridgehead atoms. The Morgan fingerprint density at radius 3 is 2.55 bits per heavy atom. The number of hydrogen-bond acceptors (Lipinski definition) is 4. The SMILES string of the molecule is CCN(CC)CCC(C)Oc1c(C=O)cccc1OC. The van der Waals surface area contributed by atoms with Crippen LogP contribution in [0.1, 0.15) is 37.6 Å². The van der Waals surface area contributed by atoms with E-state index in [1.165, 1.54) is 0 Å². The molecule has 0 aliphatic heterocycles. The number of aldehydes is 1. The van der Waals surface area contributed by atoms with Crippen molar-refractivity contribution >= 4 is 6.29 Å². The number of hydrogen-bond donors (Lipinski definition) is 0. The van der Waals surface area contributed by atoms with E-state index >= 15 is 0 Å². The lowest BCUT2D eigenvalue weighted by Gasteiger charge is -2.22. The Bertz CT molecular complexity index is 416. The van der Waals surface area contributed by atoms with Crippen LogP contribution in [0.4, 0.5) is 0 Å². The fourth-order valence-electron chi connectivity index (χ4n) is 2.08. The Hall–Kier alpha value is -1.55. The van der Waals surface area contributed by atoms with Gasteiger partial charge in [-0.2, -0.15) is 0 Å². The third-order valence-corrected chi connectivity index (χ3v) is 3.42. The predicted octanol–water partition coefficient (Wildman–Crippen LogP) is 3.01. The summed E-state index contributed by atoms with van der Waals surface area (Å²) >= 11 is 0. The number of ether oxygens (including phenoxy) is 2. The average molecular weight is 279 g/mol. The molecule has 0 aliphatic carbocycles. The van der Waals surface area contributed by atoms with Gasteiger partial charge < -0.3 is 14.4 Å². The summed E-state index contributed by atoms with van der Waals surface area (Å²) in [4.78, 5) is 13.4.